The van der Waals surface area contributed by atoms with Gasteiger partial charge in [-0.2, -0.15) is 0 Å². The van der Waals surface area contributed by atoms with Crippen molar-refractivity contribution < 1.29 is 0 Å². The van der Waals surface area contributed by atoms with Crippen LogP contribution in [0.25, 0.3) is 22.1 Å². The lowest BCUT2D eigenvalue weighted by molar-refractivity contribution is 1.18. The van der Waals surface area contributed by atoms with Gasteiger partial charge in [0.2, 0.25) is 0 Å². The highest BCUT2D eigenvalue weighted by molar-refractivity contribution is 9.10. The molecule has 0 aliphatic carbocycles. The minimum atomic E-state index is 0.00951. The van der Waals surface area contributed by atoms with Crippen molar-refractivity contribution in [1.29, 1.82) is 0 Å². The normalized spacial score (nSPS) is 12.8. The van der Waals surface area contributed by atoms with Crippen LogP contribution in [0.5, 0.6) is 0 Å². The number of aryl methyl sites for hydroxylation is 2. The Kier molecular flexibility index (Phi) is 3.21. The van der Waals surface area contributed by atoms with Crippen LogP contribution in [0, 0.1) is 13.8 Å². The van der Waals surface area contributed by atoms with Crippen molar-refractivity contribution in [2.45, 2.75) is 13.8 Å². The topological polar surface area (TPSA) is 34.4 Å². The van der Waals surface area contributed by atoms with E-state index >= 15 is 0 Å². The first-order chi connectivity index (χ1) is 10.5. The van der Waals surface area contributed by atoms with Crippen LogP contribution in [-0.4, -0.2) is 9.38 Å². The minimum absolute atomic E-state index is 0.00951. The van der Waals surface area contributed by atoms with Gasteiger partial charge in [-0.15, -0.1) is 11.3 Å². The molecule has 0 spiro atoms. The highest BCUT2D eigenvalue weighted by Crippen LogP contribution is 2.22. The molecule has 0 bridgehead atoms. The Hall–Kier alpha value is -1.50. The second-order valence-corrected chi connectivity index (χ2v) is 8.11. The van der Waals surface area contributed by atoms with Crippen LogP contribution < -0.4 is 10.1 Å². The summed E-state index contributed by atoms with van der Waals surface area (Å²) < 4.78 is 3.48. The third-order valence-electron chi connectivity index (χ3n) is 3.72. The van der Waals surface area contributed by atoms with Crippen molar-refractivity contribution >= 4 is 60.7 Å². The molecule has 4 aromatic rings. The van der Waals surface area contributed by atoms with Gasteiger partial charge < -0.3 is 0 Å². The molecule has 0 fully saturated rings. The number of rotatable bonds is 1. The van der Waals surface area contributed by atoms with Crippen LogP contribution in [0.1, 0.15) is 16.0 Å². The number of fused-ring (bicyclic) bond motifs is 3. The van der Waals surface area contributed by atoms with Crippen LogP contribution in [0.2, 0.25) is 0 Å². The van der Waals surface area contributed by atoms with Gasteiger partial charge in [-0.3, -0.25) is 4.79 Å². The fourth-order valence-corrected chi connectivity index (χ4v) is 4.88. The molecule has 0 aliphatic rings. The molecule has 0 amide bonds. The van der Waals surface area contributed by atoms with Gasteiger partial charge in [-0.05, 0) is 65.2 Å². The lowest BCUT2D eigenvalue weighted by Gasteiger charge is -1.98. The Balaban J connectivity index is 2.04. The molecule has 0 atom stereocenters. The first-order valence-corrected chi connectivity index (χ1v) is 9.20. The van der Waals surface area contributed by atoms with E-state index in [-0.39, 0.29) is 5.56 Å². The molecule has 22 heavy (non-hydrogen) atoms. The van der Waals surface area contributed by atoms with E-state index in [1.165, 1.54) is 22.5 Å². The maximum atomic E-state index is 12.7. The molecule has 0 aliphatic heterocycles. The summed E-state index contributed by atoms with van der Waals surface area (Å²) >= 11 is 6.49. The molecule has 0 unspecified atom stereocenters. The van der Waals surface area contributed by atoms with Crippen molar-refractivity contribution in [3.8, 4) is 0 Å². The van der Waals surface area contributed by atoms with Gasteiger partial charge in [0.05, 0.1) is 15.6 Å². The Morgan fingerprint density at radius 1 is 1.23 bits per heavy atom. The standard InChI is InChI=1S/C16H11BrN2OS2/c1-8-3-12-13(4-9(8)2)19-15(20)14(22-16(19)18-12)6-11-5-10(17)7-21-11/h3-7H,1-2H3/b14-6-. The number of benzene rings is 1. The summed E-state index contributed by atoms with van der Waals surface area (Å²) in [4.78, 5) is 19.1. The number of thiazole rings is 1. The fourth-order valence-electron chi connectivity index (χ4n) is 2.45. The van der Waals surface area contributed by atoms with Gasteiger partial charge in [-0.1, -0.05) is 11.3 Å². The first kappa shape index (κ1) is 14.1. The molecular formula is C16H11BrN2OS2. The van der Waals surface area contributed by atoms with E-state index in [1.807, 2.05) is 29.7 Å². The average Bonchev–Trinajstić information content (AvgIpc) is 3.09. The zero-order valence-corrected chi connectivity index (χ0v) is 15.1. The minimum Gasteiger partial charge on any atom is -0.267 e. The molecule has 1 aromatic carbocycles. The summed E-state index contributed by atoms with van der Waals surface area (Å²) in [6.45, 7) is 4.12. The van der Waals surface area contributed by atoms with Crippen molar-refractivity contribution in [3.05, 3.63) is 58.9 Å². The molecule has 0 saturated heterocycles. The van der Waals surface area contributed by atoms with Gasteiger partial charge in [0, 0.05) is 14.7 Å². The van der Waals surface area contributed by atoms with Gasteiger partial charge in [-0.25, -0.2) is 9.38 Å². The van der Waals surface area contributed by atoms with Crippen LogP contribution in [-0.2, 0) is 0 Å². The Labute approximate surface area is 142 Å². The SMILES string of the molecule is Cc1cc2nc3s/c(=C\c4cc(Br)cs4)c(=O)n3c2cc1C. The number of imidazole rings is 1. The quantitative estimate of drug-likeness (QED) is 0.493. The van der Waals surface area contributed by atoms with Crippen LogP contribution >= 0.6 is 38.6 Å². The summed E-state index contributed by atoms with van der Waals surface area (Å²) in [5, 5.41) is 2.01. The van der Waals surface area contributed by atoms with Crippen molar-refractivity contribution in [2.24, 2.45) is 0 Å². The smallest absolute Gasteiger partial charge is 0.267 e. The zero-order valence-electron chi connectivity index (χ0n) is 11.9. The number of thiophene rings is 1. The first-order valence-electron chi connectivity index (χ1n) is 6.71. The number of hydrogen-bond acceptors (Lipinski definition) is 4. The molecule has 110 valence electrons. The van der Waals surface area contributed by atoms with Crippen LogP contribution in [0.15, 0.2) is 32.8 Å². The highest BCUT2D eigenvalue weighted by atomic mass is 79.9. The summed E-state index contributed by atoms with van der Waals surface area (Å²) in [6, 6.07) is 6.10. The molecular weight excluding hydrogens is 380 g/mol. The monoisotopic (exact) mass is 390 g/mol. The molecule has 0 N–H and O–H groups in total. The molecule has 0 radical (unpaired) electrons. The predicted octanol–water partition coefficient (Wildman–Crippen LogP) is 3.90. The Bertz CT molecular complexity index is 1140. The Morgan fingerprint density at radius 3 is 2.73 bits per heavy atom. The van der Waals surface area contributed by atoms with Crippen LogP contribution in [0.4, 0.5) is 0 Å². The molecule has 4 rings (SSSR count). The van der Waals surface area contributed by atoms with E-state index in [9.17, 15) is 4.79 Å². The van der Waals surface area contributed by atoms with Crippen LogP contribution in [0.3, 0.4) is 0 Å². The number of nitrogens with zero attached hydrogens (tertiary/aromatic N) is 2. The molecule has 3 heterocycles. The summed E-state index contributed by atoms with van der Waals surface area (Å²) in [6.07, 6.45) is 1.93. The van der Waals surface area contributed by atoms with Gasteiger partial charge >= 0.3 is 0 Å². The molecule has 3 nitrogen and oxygen atoms in total. The van der Waals surface area contributed by atoms with E-state index in [4.69, 9.17) is 0 Å². The van der Waals surface area contributed by atoms with Gasteiger partial charge in [0.15, 0.2) is 4.96 Å². The summed E-state index contributed by atoms with van der Waals surface area (Å²) in [7, 11) is 0. The van der Waals surface area contributed by atoms with E-state index in [0.29, 0.717) is 0 Å². The van der Waals surface area contributed by atoms with Crippen molar-refractivity contribution in [3.63, 3.8) is 0 Å². The molecule has 0 saturated carbocycles. The zero-order chi connectivity index (χ0) is 15.4. The maximum Gasteiger partial charge on any atom is 0.274 e. The lowest BCUT2D eigenvalue weighted by atomic mass is 10.1. The average molecular weight is 391 g/mol. The van der Waals surface area contributed by atoms with E-state index < -0.39 is 0 Å². The van der Waals surface area contributed by atoms with E-state index in [1.54, 1.807) is 15.7 Å². The van der Waals surface area contributed by atoms with Crippen molar-refractivity contribution in [2.75, 3.05) is 0 Å². The predicted molar refractivity (Wildman–Crippen MR) is 97.1 cm³/mol. The molecule has 3 aromatic heterocycles. The molecule has 6 heteroatoms. The largest absolute Gasteiger partial charge is 0.274 e. The third-order valence-corrected chi connectivity index (χ3v) is 6.32. The van der Waals surface area contributed by atoms with Gasteiger partial charge in [0.1, 0.15) is 0 Å². The summed E-state index contributed by atoms with van der Waals surface area (Å²) in [5.74, 6) is 0. The van der Waals surface area contributed by atoms with E-state index in [0.717, 1.165) is 29.9 Å². The maximum absolute atomic E-state index is 12.7. The Morgan fingerprint density at radius 2 is 2.00 bits per heavy atom. The van der Waals surface area contributed by atoms with Gasteiger partial charge in [0.25, 0.3) is 5.56 Å². The highest BCUT2D eigenvalue weighted by Gasteiger charge is 2.12. The fraction of sp³-hybridized carbons (Fsp3) is 0.125. The summed E-state index contributed by atoms with van der Waals surface area (Å²) in [5.41, 5.74) is 4.16. The number of halogens is 1. The number of aromatic nitrogens is 2. The number of hydrogen-bond donors (Lipinski definition) is 0. The second-order valence-electron chi connectivity index (χ2n) is 5.24. The lowest BCUT2D eigenvalue weighted by Crippen LogP contribution is -2.22. The third kappa shape index (κ3) is 2.14. The van der Waals surface area contributed by atoms with Crippen molar-refractivity contribution in [1.82, 2.24) is 9.38 Å². The second kappa shape index (κ2) is 5.01. The van der Waals surface area contributed by atoms with E-state index in [2.05, 4.69) is 34.8 Å².